The van der Waals surface area contributed by atoms with Gasteiger partial charge in [0.15, 0.2) is 0 Å². The first kappa shape index (κ1) is 25.4. The number of hydrogen-bond donors (Lipinski definition) is 1. The molecule has 1 saturated heterocycles. The number of likely N-dealkylation sites (tertiary alicyclic amines) is 1. The van der Waals surface area contributed by atoms with E-state index >= 15 is 0 Å². The monoisotopic (exact) mass is 492 g/mol. The van der Waals surface area contributed by atoms with Gasteiger partial charge in [-0.15, -0.1) is 11.8 Å². The van der Waals surface area contributed by atoms with Gasteiger partial charge < -0.3 is 14.4 Å². The number of nitrogens with one attached hydrogen (secondary N) is 1. The molecule has 0 aromatic heterocycles. The number of thioether (sulfide) groups is 1. The first-order valence-electron chi connectivity index (χ1n) is 11.0. The third-order valence-electron chi connectivity index (χ3n) is 5.84. The zero-order chi connectivity index (χ0) is 24.0. The highest BCUT2D eigenvalue weighted by Gasteiger charge is 2.25. The summed E-state index contributed by atoms with van der Waals surface area (Å²) in [6, 6.07) is 9.42. The van der Waals surface area contributed by atoms with E-state index in [1.165, 1.54) is 24.9 Å². The van der Waals surface area contributed by atoms with E-state index in [1.54, 1.807) is 44.4 Å². The Hall–Kier alpha value is -2.23. The predicted molar refractivity (Wildman–Crippen MR) is 131 cm³/mol. The standard InChI is InChI=1S/C24H32N2O5S2/c1-17(20-15-18(30-2)9-11-22(20)31-3)25-33(28,29)19-10-12-23(32-4)21(16-19)24(27)26-13-7-5-6-8-14-26/h9-12,15-17,25H,5-8,13-14H2,1-4H3. The molecular weight excluding hydrogens is 460 g/mol. The van der Waals surface area contributed by atoms with Crippen LogP contribution in [-0.4, -0.2) is 52.8 Å². The number of carbonyl (C=O) groups is 1. The Kier molecular flexibility index (Phi) is 8.67. The summed E-state index contributed by atoms with van der Waals surface area (Å²) >= 11 is 1.44. The van der Waals surface area contributed by atoms with Crippen LogP contribution in [0.15, 0.2) is 46.2 Å². The fourth-order valence-electron chi connectivity index (χ4n) is 4.01. The van der Waals surface area contributed by atoms with Gasteiger partial charge in [-0.2, -0.15) is 0 Å². The van der Waals surface area contributed by atoms with E-state index in [1.807, 2.05) is 11.2 Å². The molecule has 1 unspecified atom stereocenters. The fourth-order valence-corrected chi connectivity index (χ4v) is 5.83. The Bertz CT molecular complexity index is 1080. The normalized spacial score (nSPS) is 15.6. The van der Waals surface area contributed by atoms with Gasteiger partial charge in [0, 0.05) is 29.6 Å². The Morgan fingerprint density at radius 2 is 1.73 bits per heavy atom. The summed E-state index contributed by atoms with van der Waals surface area (Å²) in [5.74, 6) is 1.05. The molecule has 1 amide bonds. The largest absolute Gasteiger partial charge is 0.497 e. The lowest BCUT2D eigenvalue weighted by atomic mass is 10.1. The number of hydrogen-bond acceptors (Lipinski definition) is 6. The van der Waals surface area contributed by atoms with Gasteiger partial charge >= 0.3 is 0 Å². The molecule has 2 aromatic carbocycles. The van der Waals surface area contributed by atoms with Gasteiger partial charge in [0.2, 0.25) is 10.0 Å². The SMILES string of the molecule is COc1ccc(OC)c(C(C)NS(=O)(=O)c2ccc(SC)c(C(=O)N3CCCCCC3)c2)c1. The van der Waals surface area contributed by atoms with E-state index < -0.39 is 16.1 Å². The zero-order valence-electron chi connectivity index (χ0n) is 19.6. The topological polar surface area (TPSA) is 84.9 Å². The van der Waals surface area contributed by atoms with Crippen LogP contribution in [0, 0.1) is 0 Å². The smallest absolute Gasteiger partial charge is 0.255 e. The Labute approximate surface area is 200 Å². The number of amides is 1. The van der Waals surface area contributed by atoms with Crippen molar-refractivity contribution in [1.29, 1.82) is 0 Å². The summed E-state index contributed by atoms with van der Waals surface area (Å²) in [5.41, 5.74) is 1.08. The van der Waals surface area contributed by atoms with Crippen LogP contribution >= 0.6 is 11.8 Å². The molecule has 1 aliphatic heterocycles. The molecule has 0 aliphatic carbocycles. The zero-order valence-corrected chi connectivity index (χ0v) is 21.2. The number of carbonyl (C=O) groups excluding carboxylic acids is 1. The van der Waals surface area contributed by atoms with Crippen LogP contribution in [0.3, 0.4) is 0 Å². The highest BCUT2D eigenvalue weighted by atomic mass is 32.2. The van der Waals surface area contributed by atoms with Gasteiger partial charge in [-0.3, -0.25) is 4.79 Å². The van der Waals surface area contributed by atoms with E-state index in [4.69, 9.17) is 9.47 Å². The van der Waals surface area contributed by atoms with E-state index in [0.29, 0.717) is 35.7 Å². The molecule has 1 N–H and O–H groups in total. The van der Waals surface area contributed by atoms with Crippen molar-refractivity contribution in [3.05, 3.63) is 47.5 Å². The molecule has 1 aliphatic rings. The maximum atomic E-state index is 13.3. The quantitative estimate of drug-likeness (QED) is 0.547. The van der Waals surface area contributed by atoms with Crippen molar-refractivity contribution in [2.24, 2.45) is 0 Å². The molecule has 1 atom stereocenters. The Balaban J connectivity index is 1.90. The van der Waals surface area contributed by atoms with Crippen molar-refractivity contribution in [1.82, 2.24) is 9.62 Å². The summed E-state index contributed by atoms with van der Waals surface area (Å²) in [6.45, 7) is 3.15. The van der Waals surface area contributed by atoms with E-state index in [9.17, 15) is 13.2 Å². The lowest BCUT2D eigenvalue weighted by Gasteiger charge is -2.22. The van der Waals surface area contributed by atoms with Gasteiger partial charge in [-0.25, -0.2) is 13.1 Å². The highest BCUT2D eigenvalue weighted by Crippen LogP contribution is 2.31. The molecule has 0 spiro atoms. The molecule has 33 heavy (non-hydrogen) atoms. The van der Waals surface area contributed by atoms with Crippen LogP contribution < -0.4 is 14.2 Å². The van der Waals surface area contributed by atoms with Crippen molar-refractivity contribution in [3.63, 3.8) is 0 Å². The molecule has 2 aromatic rings. The van der Waals surface area contributed by atoms with Gasteiger partial charge in [0.25, 0.3) is 5.91 Å². The second-order valence-electron chi connectivity index (χ2n) is 8.02. The minimum Gasteiger partial charge on any atom is -0.497 e. The number of benzene rings is 2. The minimum absolute atomic E-state index is 0.0622. The average molecular weight is 493 g/mol. The number of sulfonamides is 1. The molecule has 0 saturated carbocycles. The van der Waals surface area contributed by atoms with Crippen LogP contribution in [-0.2, 0) is 10.0 Å². The molecule has 0 bridgehead atoms. The minimum atomic E-state index is -3.90. The second kappa shape index (κ2) is 11.3. The first-order chi connectivity index (χ1) is 15.8. The predicted octanol–water partition coefficient (Wildman–Crippen LogP) is 4.48. The number of rotatable bonds is 8. The van der Waals surface area contributed by atoms with Gasteiger partial charge in [0.1, 0.15) is 11.5 Å². The second-order valence-corrected chi connectivity index (χ2v) is 10.6. The van der Waals surface area contributed by atoms with Crippen molar-refractivity contribution >= 4 is 27.7 Å². The van der Waals surface area contributed by atoms with Crippen molar-refractivity contribution in [3.8, 4) is 11.5 Å². The number of methoxy groups -OCH3 is 2. The van der Waals surface area contributed by atoms with Crippen LogP contribution in [0.25, 0.3) is 0 Å². The molecule has 1 heterocycles. The molecule has 0 radical (unpaired) electrons. The lowest BCUT2D eigenvalue weighted by Crippen LogP contribution is -2.32. The van der Waals surface area contributed by atoms with E-state index in [-0.39, 0.29) is 10.8 Å². The number of nitrogens with zero attached hydrogens (tertiary/aromatic N) is 1. The van der Waals surface area contributed by atoms with Crippen LogP contribution in [0.2, 0.25) is 0 Å². The highest BCUT2D eigenvalue weighted by molar-refractivity contribution is 7.98. The summed E-state index contributed by atoms with van der Waals surface area (Å²) in [7, 11) is -0.809. The lowest BCUT2D eigenvalue weighted by molar-refractivity contribution is 0.0758. The van der Waals surface area contributed by atoms with Gasteiger partial charge in [0.05, 0.1) is 24.7 Å². The molecule has 9 heteroatoms. The van der Waals surface area contributed by atoms with Crippen LogP contribution in [0.4, 0.5) is 0 Å². The Morgan fingerprint density at radius 3 is 2.33 bits per heavy atom. The molecular formula is C24H32N2O5S2. The molecule has 7 nitrogen and oxygen atoms in total. The third-order valence-corrected chi connectivity index (χ3v) is 8.17. The maximum absolute atomic E-state index is 13.3. The average Bonchev–Trinajstić information content (AvgIpc) is 3.12. The van der Waals surface area contributed by atoms with Gasteiger partial charge in [-0.1, -0.05) is 12.8 Å². The van der Waals surface area contributed by atoms with Gasteiger partial charge in [-0.05, 0) is 62.4 Å². The van der Waals surface area contributed by atoms with E-state index in [0.717, 1.165) is 30.6 Å². The maximum Gasteiger partial charge on any atom is 0.255 e. The van der Waals surface area contributed by atoms with Crippen LogP contribution in [0.5, 0.6) is 11.5 Å². The summed E-state index contributed by atoms with van der Waals surface area (Å²) in [5, 5.41) is 0. The van der Waals surface area contributed by atoms with Crippen molar-refractivity contribution < 1.29 is 22.7 Å². The van der Waals surface area contributed by atoms with Crippen LogP contribution in [0.1, 0.15) is 54.6 Å². The van der Waals surface area contributed by atoms with Crippen molar-refractivity contribution in [2.45, 2.75) is 48.4 Å². The Morgan fingerprint density at radius 1 is 1.03 bits per heavy atom. The summed E-state index contributed by atoms with van der Waals surface area (Å²) < 4.78 is 39.9. The molecule has 3 rings (SSSR count). The number of ether oxygens (including phenoxy) is 2. The summed E-state index contributed by atoms with van der Waals surface area (Å²) in [4.78, 5) is 16.0. The fraction of sp³-hybridized carbons (Fsp3) is 0.458. The summed E-state index contributed by atoms with van der Waals surface area (Å²) in [6.07, 6.45) is 6.06. The third kappa shape index (κ3) is 6.02. The van der Waals surface area contributed by atoms with Crippen molar-refractivity contribution in [2.75, 3.05) is 33.6 Å². The molecule has 1 fully saturated rings. The molecule has 180 valence electrons. The van der Waals surface area contributed by atoms with E-state index in [2.05, 4.69) is 4.72 Å². The first-order valence-corrected chi connectivity index (χ1v) is 13.7.